The Hall–Kier alpha value is -5.60. The number of aromatic nitrogens is 2. The number of nitrogens with one attached hydrogen (secondary N) is 2. The number of carbonyl (C=O) groups is 3. The van der Waals surface area contributed by atoms with Crippen LogP contribution in [0.2, 0.25) is 0 Å². The van der Waals surface area contributed by atoms with E-state index in [-0.39, 0.29) is 65.7 Å². The number of carbonyl (C=O) groups excluding carboxylic acids is 3. The number of fused-ring (bicyclic) bond motifs is 7. The molecule has 0 aliphatic carbocycles. The molecule has 49 heavy (non-hydrogen) atoms. The van der Waals surface area contributed by atoms with Crippen molar-refractivity contribution >= 4 is 29.3 Å². The molecule has 2 amide bonds. The zero-order chi connectivity index (χ0) is 33.9. The quantitative estimate of drug-likeness (QED) is 0.134. The summed E-state index contributed by atoms with van der Waals surface area (Å²) in [7, 11) is 0. The normalized spacial score (nSPS) is 19.7. The van der Waals surface area contributed by atoms with Crippen molar-refractivity contribution in [2.24, 2.45) is 0 Å². The van der Waals surface area contributed by atoms with Gasteiger partial charge in [-0.3, -0.25) is 14.2 Å². The van der Waals surface area contributed by atoms with E-state index in [1.54, 1.807) is 41.6 Å². The third-order valence-corrected chi connectivity index (χ3v) is 9.46. The zero-order valence-corrected chi connectivity index (χ0v) is 26.2. The second kappa shape index (κ2) is 11.8. The summed E-state index contributed by atoms with van der Waals surface area (Å²) in [4.78, 5) is 45.4. The molecule has 1 aromatic heterocycles. The lowest BCUT2D eigenvalue weighted by atomic mass is 9.77. The number of rotatable bonds is 8. The highest BCUT2D eigenvalue weighted by Gasteiger charge is 2.53. The van der Waals surface area contributed by atoms with E-state index < -0.39 is 11.6 Å². The van der Waals surface area contributed by atoms with Gasteiger partial charge < -0.3 is 45.1 Å². The largest absolute Gasteiger partial charge is 0.508 e. The van der Waals surface area contributed by atoms with Crippen LogP contribution in [0.5, 0.6) is 23.0 Å². The van der Waals surface area contributed by atoms with Gasteiger partial charge in [0.05, 0.1) is 31.3 Å². The van der Waals surface area contributed by atoms with E-state index in [4.69, 9.17) is 14.2 Å². The maximum atomic E-state index is 13.4. The fraction of sp³-hybridized carbons (Fsp3) is 0.314. The molecule has 4 aromatic rings. The minimum atomic E-state index is -1.38. The predicted molar refractivity (Wildman–Crippen MR) is 172 cm³/mol. The van der Waals surface area contributed by atoms with E-state index in [0.29, 0.717) is 59.9 Å². The summed E-state index contributed by atoms with van der Waals surface area (Å²) in [5.74, 6) is 0.0752. The van der Waals surface area contributed by atoms with Gasteiger partial charge in [0.2, 0.25) is 5.91 Å². The Labute approximate surface area is 279 Å². The number of phenolic OH excluding ortho intramolecular Hbond substituents is 2. The first kappa shape index (κ1) is 30.7. The Bertz CT molecular complexity index is 1960. The lowest BCUT2D eigenvalue weighted by Gasteiger charge is -2.36. The lowest BCUT2D eigenvalue weighted by Crippen LogP contribution is -2.41. The van der Waals surface area contributed by atoms with Crippen molar-refractivity contribution in [2.75, 3.05) is 30.5 Å². The summed E-state index contributed by atoms with van der Waals surface area (Å²) in [5.41, 5.74) is 1.19. The number of aromatic hydroxyl groups is 2. The molecular formula is C35H33N5O9. The maximum Gasteiger partial charge on any atom is 0.340 e. The first-order valence-corrected chi connectivity index (χ1v) is 16.1. The average Bonchev–Trinajstić information content (AvgIpc) is 3.81. The highest BCUT2D eigenvalue weighted by atomic mass is 16.6. The van der Waals surface area contributed by atoms with Gasteiger partial charge in [0, 0.05) is 47.5 Å². The molecule has 2 atom stereocenters. The van der Waals surface area contributed by atoms with Crippen molar-refractivity contribution in [3.8, 4) is 23.0 Å². The van der Waals surface area contributed by atoms with Gasteiger partial charge in [-0.2, -0.15) is 0 Å². The van der Waals surface area contributed by atoms with Crippen LogP contribution in [-0.4, -0.2) is 73.5 Å². The van der Waals surface area contributed by atoms with Crippen LogP contribution >= 0.6 is 0 Å². The second-order valence-corrected chi connectivity index (χ2v) is 12.5. The number of nitrogens with zero attached hydrogens (tertiary/aromatic N) is 3. The highest BCUT2D eigenvalue weighted by molar-refractivity contribution is 6.00. The molecule has 4 aliphatic heterocycles. The number of anilines is 2. The van der Waals surface area contributed by atoms with E-state index in [1.165, 1.54) is 24.3 Å². The molecule has 14 nitrogen and oxygen atoms in total. The average molecular weight is 668 g/mol. The number of esters is 1. The molecule has 1 spiro atoms. The van der Waals surface area contributed by atoms with Crippen LogP contribution in [0.15, 0.2) is 60.9 Å². The van der Waals surface area contributed by atoms with Crippen molar-refractivity contribution in [1.82, 2.24) is 14.5 Å². The van der Waals surface area contributed by atoms with Gasteiger partial charge in [-0.05, 0) is 62.1 Å². The van der Waals surface area contributed by atoms with Crippen molar-refractivity contribution in [3.05, 3.63) is 88.9 Å². The van der Waals surface area contributed by atoms with Crippen LogP contribution in [0.4, 0.5) is 11.5 Å². The lowest BCUT2D eigenvalue weighted by molar-refractivity contribution is -0.116. The van der Waals surface area contributed by atoms with E-state index >= 15 is 0 Å². The van der Waals surface area contributed by atoms with Crippen LogP contribution in [0.25, 0.3) is 0 Å². The minimum absolute atomic E-state index is 0.0339. The first-order chi connectivity index (χ1) is 23.7. The number of benzene rings is 3. The number of imidazole rings is 1. The monoisotopic (exact) mass is 667 g/mol. The van der Waals surface area contributed by atoms with Crippen LogP contribution in [0.1, 0.15) is 75.9 Å². The molecule has 14 heteroatoms. The summed E-state index contributed by atoms with van der Waals surface area (Å²) in [6, 6.07) is 14.1. The number of amides is 2. The maximum absolute atomic E-state index is 13.4. The van der Waals surface area contributed by atoms with Gasteiger partial charge in [-0.1, -0.05) is 6.07 Å². The third kappa shape index (κ3) is 5.11. The van der Waals surface area contributed by atoms with Crippen molar-refractivity contribution in [3.63, 3.8) is 0 Å². The Morgan fingerprint density at radius 1 is 0.980 bits per heavy atom. The molecule has 1 saturated heterocycles. The van der Waals surface area contributed by atoms with Gasteiger partial charge in [0.25, 0.3) is 5.91 Å². The SMILES string of the molecule is O=C(CCCCN1CNc2c(ncn2[C@H]2CC[C@@H](CO)O2)C1=O)Nc1ccc2c(c1)C(=O)OC21c2ccc(O)cc2Oc2cc(O)ccc21. The van der Waals surface area contributed by atoms with E-state index in [2.05, 4.69) is 15.6 Å². The Morgan fingerprint density at radius 3 is 2.43 bits per heavy atom. The number of aliphatic hydroxyl groups excluding tert-OH is 1. The van der Waals surface area contributed by atoms with Crippen molar-refractivity contribution in [1.29, 1.82) is 0 Å². The Morgan fingerprint density at radius 2 is 1.71 bits per heavy atom. The van der Waals surface area contributed by atoms with Gasteiger partial charge in [-0.25, -0.2) is 9.78 Å². The zero-order valence-electron chi connectivity index (χ0n) is 26.2. The van der Waals surface area contributed by atoms with Crippen LogP contribution in [0, 0.1) is 0 Å². The second-order valence-electron chi connectivity index (χ2n) is 12.5. The van der Waals surface area contributed by atoms with Gasteiger partial charge >= 0.3 is 5.97 Å². The Balaban J connectivity index is 0.911. The molecule has 0 bridgehead atoms. The number of ether oxygens (including phenoxy) is 3. The Kier molecular flexibility index (Phi) is 7.41. The number of hydrogen-bond acceptors (Lipinski definition) is 11. The topological polar surface area (TPSA) is 185 Å². The van der Waals surface area contributed by atoms with Crippen LogP contribution in [-0.2, 0) is 19.9 Å². The minimum Gasteiger partial charge on any atom is -0.508 e. The van der Waals surface area contributed by atoms with Gasteiger partial charge in [-0.15, -0.1) is 0 Å². The summed E-state index contributed by atoms with van der Waals surface area (Å²) in [5, 5.41) is 35.7. The molecule has 252 valence electrons. The predicted octanol–water partition coefficient (Wildman–Crippen LogP) is 4.17. The molecule has 5 N–H and O–H groups in total. The number of phenols is 2. The number of aliphatic hydroxyl groups is 1. The third-order valence-electron chi connectivity index (χ3n) is 9.46. The van der Waals surface area contributed by atoms with E-state index in [1.807, 2.05) is 4.57 Å². The van der Waals surface area contributed by atoms with Crippen molar-refractivity contribution in [2.45, 2.75) is 50.0 Å². The summed E-state index contributed by atoms with van der Waals surface area (Å²) >= 11 is 0. The van der Waals surface area contributed by atoms with Crippen molar-refractivity contribution < 1.29 is 43.9 Å². The molecule has 5 heterocycles. The number of hydrogen-bond donors (Lipinski definition) is 5. The fourth-order valence-electron chi connectivity index (χ4n) is 7.10. The van der Waals surface area contributed by atoms with Crippen LogP contribution in [0.3, 0.4) is 0 Å². The fourth-order valence-corrected chi connectivity index (χ4v) is 7.10. The first-order valence-electron chi connectivity index (χ1n) is 16.1. The number of unbranched alkanes of at least 4 members (excludes halogenated alkanes) is 1. The molecule has 8 rings (SSSR count). The van der Waals surface area contributed by atoms with Gasteiger partial charge in [0.15, 0.2) is 11.3 Å². The standard InChI is InChI=1S/C35H33N5O9/c41-16-22-7-11-30(47-22)40-18-36-31-32(40)37-17-39(33(31)45)12-2-1-3-29(44)38-19-4-8-24-23(13-19)34(46)49-35(24)25-9-5-20(42)14-27(25)48-28-15-21(43)6-10-26(28)35/h4-6,8-10,13-15,18,22,30,37,41-43H,1-3,7,11-12,16-17H2,(H,38,44)/t22-,30+/m0/s1. The van der Waals surface area contributed by atoms with Crippen LogP contribution < -0.4 is 15.4 Å². The smallest absolute Gasteiger partial charge is 0.340 e. The molecule has 0 unspecified atom stereocenters. The summed E-state index contributed by atoms with van der Waals surface area (Å²) < 4.78 is 19.7. The van der Waals surface area contributed by atoms with Gasteiger partial charge in [0.1, 0.15) is 35.0 Å². The molecule has 0 saturated carbocycles. The van der Waals surface area contributed by atoms with E-state index in [0.717, 1.165) is 12.8 Å². The summed E-state index contributed by atoms with van der Waals surface area (Å²) in [6.07, 6.45) is 3.87. The highest BCUT2D eigenvalue weighted by Crippen LogP contribution is 2.57. The molecule has 1 fully saturated rings. The summed E-state index contributed by atoms with van der Waals surface area (Å²) in [6.45, 7) is 0.693. The molecule has 4 aliphatic rings. The molecule has 3 aromatic carbocycles. The van der Waals surface area contributed by atoms with E-state index in [9.17, 15) is 29.7 Å². The molecular weight excluding hydrogens is 634 g/mol. The molecule has 0 radical (unpaired) electrons.